The first-order valence-corrected chi connectivity index (χ1v) is 23.2. The fraction of sp³-hybridized carbons (Fsp3) is 0.587. The zero-order valence-electron chi connectivity index (χ0n) is 37.7. The second-order valence-corrected chi connectivity index (χ2v) is 19.4. The second-order valence-electron chi connectivity index (χ2n) is 18.5. The number of thiazole rings is 1. The molecule has 3 saturated heterocycles. The lowest BCUT2D eigenvalue weighted by Gasteiger charge is -2.39. The molecule has 15 nitrogen and oxygen atoms in total. The number of likely N-dealkylation sites (N-methyl/N-ethyl adjacent to an activating group) is 2. The number of fused-ring (bicyclic) bond motifs is 6. The maximum atomic E-state index is 14.4. The quantitative estimate of drug-likeness (QED) is 0.248. The van der Waals surface area contributed by atoms with Crippen LogP contribution >= 0.6 is 11.3 Å². The Bertz CT molecular complexity index is 2280. The van der Waals surface area contributed by atoms with E-state index < -0.39 is 23.5 Å². The van der Waals surface area contributed by atoms with Crippen LogP contribution in [0.2, 0.25) is 0 Å². The first-order valence-electron chi connectivity index (χ1n) is 22.3. The number of nitrogens with one attached hydrogen (secondary N) is 2. The Balaban J connectivity index is 1.24. The van der Waals surface area contributed by atoms with Gasteiger partial charge in [-0.3, -0.25) is 19.6 Å². The highest BCUT2D eigenvalue weighted by Crippen LogP contribution is 2.43. The summed E-state index contributed by atoms with van der Waals surface area (Å²) in [5, 5.41) is 8.46. The predicted octanol–water partition coefficient (Wildman–Crippen LogP) is 5.18. The molecule has 2 N–H and O–H groups in total. The second kappa shape index (κ2) is 18.2. The molecule has 4 atom stereocenters. The number of carbonyl (C=O) groups excluding carboxylic acids is 3. The number of ether oxygens (including phenoxy) is 2. The number of hydrogen-bond donors (Lipinski definition) is 2. The van der Waals surface area contributed by atoms with E-state index in [1.165, 1.54) is 16.3 Å². The summed E-state index contributed by atoms with van der Waals surface area (Å²) in [4.78, 5) is 61.2. The molecule has 6 bridgehead atoms. The number of nitrogens with zero attached hydrogens (tertiary/aromatic N) is 8. The molecule has 0 saturated carbocycles. The molecular weight excluding hydrogens is 805 g/mol. The molecule has 8 rings (SSSR count). The van der Waals surface area contributed by atoms with Crippen LogP contribution < -0.4 is 15.6 Å². The SMILES string of the molecule is CCn1c(-c2cc(N3CCN(C)CC3)cnc2[C@H](C)OC)c2c3cc(ccc31)-c1csc(n1)CC(NC(=O)N1CCN(C)C[C@@H]1C)C(=O)N1CCC[C@H](N1)C(=O)OCC(C)(C)C2. The molecule has 3 amide bonds. The number of esters is 1. The van der Waals surface area contributed by atoms with Crippen LogP contribution in [0, 0.1) is 5.41 Å². The highest BCUT2D eigenvalue weighted by atomic mass is 32.1. The summed E-state index contributed by atoms with van der Waals surface area (Å²) in [7, 11) is 5.94. The lowest BCUT2D eigenvalue weighted by atomic mass is 9.84. The van der Waals surface area contributed by atoms with Gasteiger partial charge in [-0.05, 0) is 77.9 Å². The Hall–Kier alpha value is -4.61. The summed E-state index contributed by atoms with van der Waals surface area (Å²) >= 11 is 1.48. The molecule has 0 spiro atoms. The van der Waals surface area contributed by atoms with E-state index in [1.54, 1.807) is 12.0 Å². The fourth-order valence-corrected chi connectivity index (χ4v) is 10.4. The van der Waals surface area contributed by atoms with Gasteiger partial charge in [0.1, 0.15) is 12.1 Å². The highest BCUT2D eigenvalue weighted by Gasteiger charge is 2.37. The van der Waals surface area contributed by atoms with E-state index in [2.05, 4.69) is 82.1 Å². The largest absolute Gasteiger partial charge is 0.464 e. The summed E-state index contributed by atoms with van der Waals surface area (Å²) in [6.07, 6.45) is 3.70. The third-order valence-electron chi connectivity index (χ3n) is 13.2. The Labute approximate surface area is 369 Å². The molecule has 0 aliphatic carbocycles. The van der Waals surface area contributed by atoms with Crippen molar-refractivity contribution < 1.29 is 23.9 Å². The van der Waals surface area contributed by atoms with Gasteiger partial charge in [0.2, 0.25) is 0 Å². The van der Waals surface area contributed by atoms with Crippen molar-refractivity contribution >= 4 is 45.8 Å². The van der Waals surface area contributed by atoms with Crippen molar-refractivity contribution in [1.82, 2.24) is 45.0 Å². The van der Waals surface area contributed by atoms with Crippen LogP contribution in [0.25, 0.3) is 33.4 Å². The maximum Gasteiger partial charge on any atom is 0.324 e. The maximum absolute atomic E-state index is 14.4. The number of piperazine rings is 2. The number of urea groups is 1. The number of anilines is 1. The highest BCUT2D eigenvalue weighted by molar-refractivity contribution is 7.10. The zero-order valence-corrected chi connectivity index (χ0v) is 38.5. The Kier molecular flexibility index (Phi) is 12.9. The van der Waals surface area contributed by atoms with Crippen LogP contribution in [-0.4, -0.2) is 150 Å². The van der Waals surface area contributed by atoms with Gasteiger partial charge in [0.15, 0.2) is 0 Å². The van der Waals surface area contributed by atoms with Gasteiger partial charge in [-0.1, -0.05) is 19.9 Å². The van der Waals surface area contributed by atoms with E-state index in [-0.39, 0.29) is 37.1 Å². The number of methoxy groups -OCH3 is 1. The van der Waals surface area contributed by atoms with Gasteiger partial charge in [0, 0.05) is 111 Å². The van der Waals surface area contributed by atoms with E-state index in [0.717, 1.165) is 101 Å². The van der Waals surface area contributed by atoms with Gasteiger partial charge >= 0.3 is 12.0 Å². The lowest BCUT2D eigenvalue weighted by Crippen LogP contribution is -2.62. The molecule has 4 aliphatic heterocycles. The van der Waals surface area contributed by atoms with Crippen molar-refractivity contribution in [2.45, 2.75) is 91.1 Å². The van der Waals surface area contributed by atoms with Crippen LogP contribution in [0.4, 0.5) is 10.5 Å². The topological polar surface area (TPSA) is 141 Å². The standard InChI is InChI=1S/C46H64N10O5S/c1-9-54-39-13-12-31-21-33(39)35(42(54)34-22-32(25-47-41(34)30(3)60-8)53-18-15-51(6)16-19-53)24-46(4,5)28-61-44(58)36-11-10-14-56(50-36)43(57)37(23-40-48-38(31)27-62-40)49-45(59)55-20-17-52(7)26-29(55)2/h12-13,21-22,25,27,29-30,36-37,50H,9-11,14-20,23-24,26,28H2,1-8H3,(H,49,59)/t29-,30-,36-,37?/m0/s1. The number of rotatable bonds is 6. The molecular formula is C46H64N10O5S. The molecule has 3 fully saturated rings. The third-order valence-corrected chi connectivity index (χ3v) is 14.0. The summed E-state index contributed by atoms with van der Waals surface area (Å²) in [5.41, 5.74) is 10.8. The molecule has 334 valence electrons. The summed E-state index contributed by atoms with van der Waals surface area (Å²) in [6, 6.07) is 6.95. The number of hydrogen-bond acceptors (Lipinski definition) is 12. The van der Waals surface area contributed by atoms with Crippen molar-refractivity contribution in [3.05, 3.63) is 52.1 Å². The van der Waals surface area contributed by atoms with Gasteiger partial charge in [-0.2, -0.15) is 0 Å². The minimum Gasteiger partial charge on any atom is -0.464 e. The van der Waals surface area contributed by atoms with Gasteiger partial charge in [0.05, 0.1) is 46.7 Å². The summed E-state index contributed by atoms with van der Waals surface area (Å²) in [6.45, 7) is 17.7. The average molecular weight is 869 g/mol. The van der Waals surface area contributed by atoms with E-state index in [4.69, 9.17) is 19.4 Å². The normalized spacial score (nSPS) is 23.6. The first-order chi connectivity index (χ1) is 29.7. The molecule has 1 unspecified atom stereocenters. The predicted molar refractivity (Wildman–Crippen MR) is 243 cm³/mol. The number of pyridine rings is 1. The Morgan fingerprint density at radius 2 is 1.85 bits per heavy atom. The monoisotopic (exact) mass is 868 g/mol. The van der Waals surface area contributed by atoms with Crippen LogP contribution in [0.5, 0.6) is 0 Å². The van der Waals surface area contributed by atoms with Gasteiger partial charge < -0.3 is 39.0 Å². The number of aryl methyl sites for hydroxylation is 1. The smallest absolute Gasteiger partial charge is 0.324 e. The van der Waals surface area contributed by atoms with Crippen LogP contribution in [-0.2, 0) is 38.4 Å². The number of aromatic nitrogens is 3. The lowest BCUT2D eigenvalue weighted by molar-refractivity contribution is -0.155. The minimum atomic E-state index is -0.900. The number of benzene rings is 1. The Morgan fingerprint density at radius 3 is 2.60 bits per heavy atom. The van der Waals surface area contributed by atoms with Crippen molar-refractivity contribution in [3.63, 3.8) is 0 Å². The molecule has 4 aromatic rings. The summed E-state index contributed by atoms with van der Waals surface area (Å²) < 4.78 is 14.5. The molecule has 16 heteroatoms. The van der Waals surface area contributed by atoms with Gasteiger partial charge in [-0.25, -0.2) is 15.2 Å². The van der Waals surface area contributed by atoms with Gasteiger partial charge in [0.25, 0.3) is 5.91 Å². The molecule has 62 heavy (non-hydrogen) atoms. The number of carbonyl (C=O) groups is 3. The van der Waals surface area contributed by atoms with Gasteiger partial charge in [-0.15, -0.1) is 11.3 Å². The third kappa shape index (κ3) is 9.07. The average Bonchev–Trinajstić information content (AvgIpc) is 3.86. The van der Waals surface area contributed by atoms with E-state index >= 15 is 0 Å². The van der Waals surface area contributed by atoms with E-state index in [9.17, 15) is 14.4 Å². The van der Waals surface area contributed by atoms with Crippen LogP contribution in [0.1, 0.15) is 69.8 Å². The number of cyclic esters (lactones) is 1. The van der Waals surface area contributed by atoms with E-state index in [0.29, 0.717) is 32.4 Å². The van der Waals surface area contributed by atoms with E-state index in [1.807, 2.05) is 32.5 Å². The van der Waals surface area contributed by atoms with Crippen LogP contribution in [0.15, 0.2) is 35.8 Å². The van der Waals surface area contributed by atoms with Crippen molar-refractivity contribution in [1.29, 1.82) is 0 Å². The minimum absolute atomic E-state index is 0.0129. The number of hydrazine groups is 1. The molecule has 7 heterocycles. The van der Waals surface area contributed by atoms with Crippen LogP contribution in [0.3, 0.4) is 0 Å². The molecule has 3 aromatic heterocycles. The molecule has 0 radical (unpaired) electrons. The molecule has 4 aliphatic rings. The van der Waals surface area contributed by atoms with Crippen molar-refractivity contribution in [3.8, 4) is 22.5 Å². The molecule has 1 aromatic carbocycles. The Morgan fingerprint density at radius 1 is 1.08 bits per heavy atom. The van der Waals surface area contributed by atoms with Crippen molar-refractivity contribution in [2.24, 2.45) is 5.41 Å². The first kappa shape index (κ1) is 44.0. The zero-order chi connectivity index (χ0) is 43.9. The number of amides is 3. The fourth-order valence-electron chi connectivity index (χ4n) is 9.51. The summed E-state index contributed by atoms with van der Waals surface area (Å²) in [5.74, 6) is -0.699. The van der Waals surface area contributed by atoms with Crippen molar-refractivity contribution in [2.75, 3.05) is 85.1 Å².